The molecule has 0 spiro atoms. The van der Waals surface area contributed by atoms with Crippen molar-refractivity contribution >= 4 is 35.0 Å². The van der Waals surface area contributed by atoms with Gasteiger partial charge < -0.3 is 24.2 Å². The molecule has 0 saturated heterocycles. The summed E-state index contributed by atoms with van der Waals surface area (Å²) in [5.41, 5.74) is 2.36. The molecule has 0 saturated carbocycles. The van der Waals surface area contributed by atoms with E-state index in [2.05, 4.69) is 4.98 Å². The van der Waals surface area contributed by atoms with E-state index in [9.17, 15) is 14.7 Å². The number of halogens is 1. The van der Waals surface area contributed by atoms with Gasteiger partial charge in [-0.2, -0.15) is 0 Å². The van der Waals surface area contributed by atoms with Crippen molar-refractivity contribution in [3.05, 3.63) is 52.7 Å². The van der Waals surface area contributed by atoms with Crippen molar-refractivity contribution in [2.75, 3.05) is 27.2 Å². The van der Waals surface area contributed by atoms with E-state index in [0.29, 0.717) is 54.7 Å². The molecule has 0 radical (unpaired) electrons. The highest BCUT2D eigenvalue weighted by Gasteiger charge is 2.21. The number of likely N-dealkylation sites (N-methyl/N-ethyl adjacent to an activating group) is 2. The number of para-hydroxylation sites is 2. The van der Waals surface area contributed by atoms with Crippen LogP contribution in [0.5, 0.6) is 0 Å². The van der Waals surface area contributed by atoms with Crippen LogP contribution in [0.2, 0.25) is 0 Å². The highest BCUT2D eigenvalue weighted by molar-refractivity contribution is 6.29. The number of aliphatic hydroxyl groups excluding tert-OH is 1. The molecule has 1 heterocycles. The Morgan fingerprint density at radius 3 is 2.83 bits per heavy atom. The Morgan fingerprint density at radius 1 is 1.33 bits per heavy atom. The molecular formula is C21H25ClN4O4. The molecule has 0 unspecified atom stereocenters. The average molecular weight is 433 g/mol. The van der Waals surface area contributed by atoms with Crippen LogP contribution in [0.4, 0.5) is 0 Å². The molecule has 3 rings (SSSR count). The number of allylic oxidation sites excluding steroid dienone is 3. The molecule has 9 heteroatoms. The number of carbonyl (C=O) groups is 2. The third kappa shape index (κ3) is 4.83. The van der Waals surface area contributed by atoms with E-state index in [1.54, 1.807) is 30.0 Å². The third-order valence-electron chi connectivity index (χ3n) is 5.01. The number of carbonyl (C=O) groups excluding carboxylic acids is 2. The molecule has 1 N–H and O–H groups in total. The van der Waals surface area contributed by atoms with Crippen molar-refractivity contribution in [3.8, 4) is 0 Å². The largest absolute Gasteiger partial charge is 0.431 e. The average Bonchev–Trinajstić information content (AvgIpc) is 3.06. The molecule has 30 heavy (non-hydrogen) atoms. The van der Waals surface area contributed by atoms with Crippen molar-refractivity contribution in [2.45, 2.75) is 25.9 Å². The van der Waals surface area contributed by atoms with Crippen molar-refractivity contribution < 1.29 is 19.4 Å². The number of hydrogen-bond donors (Lipinski definition) is 1. The number of rotatable bonds is 9. The number of hydrogen-bond acceptors (Lipinski definition) is 6. The Hall–Kier alpha value is -2.84. The van der Waals surface area contributed by atoms with Crippen LogP contribution in [-0.2, 0) is 27.4 Å². The van der Waals surface area contributed by atoms with Crippen molar-refractivity contribution in [1.29, 1.82) is 0 Å². The fourth-order valence-corrected chi connectivity index (χ4v) is 3.67. The first-order valence-electron chi connectivity index (χ1n) is 9.64. The molecule has 0 aliphatic heterocycles. The molecule has 0 atom stereocenters. The van der Waals surface area contributed by atoms with Crippen LogP contribution in [0.1, 0.15) is 18.7 Å². The van der Waals surface area contributed by atoms with Crippen LogP contribution in [0.15, 0.2) is 46.8 Å². The molecule has 1 aliphatic rings. The summed E-state index contributed by atoms with van der Waals surface area (Å²) < 4.78 is 6.99. The van der Waals surface area contributed by atoms with E-state index in [0.717, 1.165) is 11.0 Å². The van der Waals surface area contributed by atoms with E-state index >= 15 is 0 Å². The third-order valence-corrected chi connectivity index (χ3v) is 5.30. The minimum Gasteiger partial charge on any atom is -0.431 e. The zero-order valence-corrected chi connectivity index (χ0v) is 17.8. The normalized spacial score (nSPS) is 13.9. The standard InChI is InChI=1S/C21H25ClN4O4/c1-24(18-11-15(22)7-8-19(18)30-14-28)13-21(29)25(2)12-20-23-16-5-3-4-6-17(16)26(20)9-10-27/h3-6,11,14,27H,7-10,12-13H2,1-2H3. The SMILES string of the molecule is CN(Cc1nc2ccccc2n1CCO)C(=O)CN(C)C1=C(OC=O)CCC(Cl)=C1. The maximum absolute atomic E-state index is 12.8. The Bertz CT molecular complexity index is 998. The number of fused-ring (bicyclic) bond motifs is 1. The van der Waals surface area contributed by atoms with Crippen LogP contribution in [0.3, 0.4) is 0 Å². The second-order valence-electron chi connectivity index (χ2n) is 7.11. The smallest absolute Gasteiger partial charge is 0.298 e. The molecule has 160 valence electrons. The Labute approximate surface area is 180 Å². The summed E-state index contributed by atoms with van der Waals surface area (Å²) in [6, 6.07) is 7.67. The lowest BCUT2D eigenvalue weighted by Gasteiger charge is -2.27. The van der Waals surface area contributed by atoms with Crippen LogP contribution in [-0.4, -0.2) is 64.1 Å². The molecule has 1 aromatic carbocycles. The van der Waals surface area contributed by atoms with Crippen LogP contribution < -0.4 is 0 Å². The first kappa shape index (κ1) is 21.9. The van der Waals surface area contributed by atoms with Crippen LogP contribution in [0, 0.1) is 0 Å². The molecule has 2 aromatic rings. The van der Waals surface area contributed by atoms with Gasteiger partial charge in [-0.05, 0) is 24.6 Å². The lowest BCUT2D eigenvalue weighted by molar-refractivity contribution is -0.131. The van der Waals surface area contributed by atoms with Crippen LogP contribution in [0.25, 0.3) is 11.0 Å². The quantitative estimate of drug-likeness (QED) is 0.611. The van der Waals surface area contributed by atoms with E-state index in [4.69, 9.17) is 16.3 Å². The fraction of sp³-hybridized carbons (Fsp3) is 0.381. The highest BCUT2D eigenvalue weighted by atomic mass is 35.5. The zero-order valence-electron chi connectivity index (χ0n) is 17.0. The lowest BCUT2D eigenvalue weighted by atomic mass is 10.1. The maximum atomic E-state index is 12.8. The second-order valence-corrected chi connectivity index (χ2v) is 7.60. The van der Waals surface area contributed by atoms with E-state index in [-0.39, 0.29) is 19.1 Å². The van der Waals surface area contributed by atoms with Gasteiger partial charge in [0.1, 0.15) is 11.6 Å². The summed E-state index contributed by atoms with van der Waals surface area (Å²) in [7, 11) is 3.46. The number of imidazole rings is 1. The number of aromatic nitrogens is 2. The van der Waals surface area contributed by atoms with Gasteiger partial charge in [0.25, 0.3) is 6.47 Å². The minimum absolute atomic E-state index is 0.0193. The predicted molar refractivity (Wildman–Crippen MR) is 113 cm³/mol. The summed E-state index contributed by atoms with van der Waals surface area (Å²) in [6.45, 7) is 1.15. The Kier molecular flexibility index (Phi) is 7.12. The topological polar surface area (TPSA) is 87.9 Å². The Balaban J connectivity index is 1.74. The summed E-state index contributed by atoms with van der Waals surface area (Å²) in [5.74, 6) is 1.07. The van der Waals surface area contributed by atoms with Gasteiger partial charge in [-0.25, -0.2) is 4.98 Å². The second kappa shape index (κ2) is 9.77. The summed E-state index contributed by atoms with van der Waals surface area (Å²) in [4.78, 5) is 31.5. The van der Waals surface area contributed by atoms with Gasteiger partial charge in [-0.1, -0.05) is 23.7 Å². The van der Waals surface area contributed by atoms with Gasteiger partial charge in [0.2, 0.25) is 5.91 Å². The Morgan fingerprint density at radius 2 is 2.10 bits per heavy atom. The van der Waals surface area contributed by atoms with Gasteiger partial charge in [0.05, 0.1) is 36.4 Å². The molecule has 1 aliphatic carbocycles. The molecule has 1 aromatic heterocycles. The van der Waals surface area contributed by atoms with E-state index < -0.39 is 0 Å². The fourth-order valence-electron chi connectivity index (χ4n) is 3.47. The molecule has 8 nitrogen and oxygen atoms in total. The van der Waals surface area contributed by atoms with Crippen LogP contribution >= 0.6 is 11.6 Å². The maximum Gasteiger partial charge on any atom is 0.298 e. The minimum atomic E-state index is -0.131. The van der Waals surface area contributed by atoms with Gasteiger partial charge in [-0.3, -0.25) is 9.59 Å². The summed E-state index contributed by atoms with van der Waals surface area (Å²) in [6.07, 6.45) is 2.82. The molecule has 1 amide bonds. The number of aliphatic hydroxyl groups is 1. The number of ether oxygens (including phenoxy) is 1. The van der Waals surface area contributed by atoms with Gasteiger partial charge in [0.15, 0.2) is 0 Å². The molecular weight excluding hydrogens is 408 g/mol. The number of amides is 1. The monoisotopic (exact) mass is 432 g/mol. The number of benzene rings is 1. The van der Waals surface area contributed by atoms with Crippen molar-refractivity contribution in [1.82, 2.24) is 19.4 Å². The molecule has 0 fully saturated rings. The first-order chi connectivity index (χ1) is 14.4. The summed E-state index contributed by atoms with van der Waals surface area (Å²) in [5, 5.41) is 10.1. The van der Waals surface area contributed by atoms with E-state index in [1.807, 2.05) is 28.8 Å². The molecule has 0 bridgehead atoms. The van der Waals surface area contributed by atoms with Crippen molar-refractivity contribution in [2.24, 2.45) is 0 Å². The van der Waals surface area contributed by atoms with Gasteiger partial charge in [-0.15, -0.1) is 0 Å². The highest BCUT2D eigenvalue weighted by Crippen LogP contribution is 2.28. The van der Waals surface area contributed by atoms with Gasteiger partial charge in [0, 0.05) is 32.1 Å². The predicted octanol–water partition coefficient (Wildman–Crippen LogP) is 2.22. The first-order valence-corrected chi connectivity index (χ1v) is 10.0. The van der Waals surface area contributed by atoms with Gasteiger partial charge >= 0.3 is 0 Å². The lowest BCUT2D eigenvalue weighted by Crippen LogP contribution is -2.37. The van der Waals surface area contributed by atoms with E-state index in [1.165, 1.54) is 0 Å². The number of nitrogens with zero attached hydrogens (tertiary/aromatic N) is 4. The van der Waals surface area contributed by atoms with Crippen molar-refractivity contribution in [3.63, 3.8) is 0 Å². The summed E-state index contributed by atoms with van der Waals surface area (Å²) >= 11 is 6.14. The zero-order chi connectivity index (χ0) is 21.7.